The van der Waals surface area contributed by atoms with Crippen LogP contribution in [0.1, 0.15) is 36.3 Å². The van der Waals surface area contributed by atoms with Crippen molar-refractivity contribution < 1.29 is 9.32 Å². The summed E-state index contributed by atoms with van der Waals surface area (Å²) in [4.78, 5) is 16.1. The van der Waals surface area contributed by atoms with Gasteiger partial charge in [-0.1, -0.05) is 19.0 Å². The van der Waals surface area contributed by atoms with Crippen LogP contribution in [0.4, 0.5) is 0 Å². The lowest BCUT2D eigenvalue weighted by molar-refractivity contribution is 0.0953. The number of aromatic nitrogens is 2. The van der Waals surface area contributed by atoms with E-state index in [9.17, 15) is 4.79 Å². The fraction of sp³-hybridized carbons (Fsp3) is 0.500. The minimum atomic E-state index is -0.124. The Balaban J connectivity index is 1.99. The molecular formula is C14H20N4O2. The highest BCUT2D eigenvalue weighted by molar-refractivity contribution is 5.96. The number of hydrogen-bond donors (Lipinski definition) is 2. The number of nitrogens with zero attached hydrogens (tertiary/aromatic N) is 2. The molecular weight excluding hydrogens is 256 g/mol. The lowest BCUT2D eigenvalue weighted by atomic mass is 10.1. The van der Waals surface area contributed by atoms with Crippen LogP contribution in [-0.2, 0) is 6.42 Å². The van der Waals surface area contributed by atoms with Crippen LogP contribution in [0.3, 0.4) is 0 Å². The molecule has 0 spiro atoms. The number of carbonyl (C=O) groups is 1. The van der Waals surface area contributed by atoms with Crippen LogP contribution in [0.25, 0.3) is 11.1 Å². The fourth-order valence-corrected chi connectivity index (χ4v) is 1.93. The van der Waals surface area contributed by atoms with Gasteiger partial charge in [-0.05, 0) is 25.5 Å². The molecule has 2 aromatic heterocycles. The van der Waals surface area contributed by atoms with E-state index in [0.717, 1.165) is 37.0 Å². The molecule has 0 aliphatic rings. The monoisotopic (exact) mass is 276 g/mol. The predicted molar refractivity (Wildman–Crippen MR) is 76.7 cm³/mol. The van der Waals surface area contributed by atoms with Gasteiger partial charge < -0.3 is 15.2 Å². The number of rotatable bonds is 7. The average Bonchev–Trinajstić information content (AvgIpc) is 2.89. The molecule has 0 saturated carbocycles. The molecule has 0 aliphatic carbocycles. The number of amides is 1. The van der Waals surface area contributed by atoms with E-state index in [2.05, 4.69) is 27.7 Å². The minimum Gasteiger partial charge on any atom is -0.351 e. The predicted octanol–water partition coefficient (Wildman–Crippen LogP) is 1.51. The van der Waals surface area contributed by atoms with Gasteiger partial charge in [-0.25, -0.2) is 4.98 Å². The summed E-state index contributed by atoms with van der Waals surface area (Å²) < 4.78 is 5.10. The van der Waals surface area contributed by atoms with Crippen molar-refractivity contribution in [3.05, 3.63) is 23.5 Å². The summed E-state index contributed by atoms with van der Waals surface area (Å²) in [5.74, 6) is -0.124. The Morgan fingerprint density at radius 1 is 1.30 bits per heavy atom. The first kappa shape index (κ1) is 14.5. The molecule has 0 bridgehead atoms. The third-order valence-corrected chi connectivity index (χ3v) is 3.02. The van der Waals surface area contributed by atoms with E-state index in [4.69, 9.17) is 4.52 Å². The summed E-state index contributed by atoms with van der Waals surface area (Å²) in [5.41, 5.74) is 1.83. The van der Waals surface area contributed by atoms with Crippen molar-refractivity contribution in [3.63, 3.8) is 0 Å². The normalized spacial score (nSPS) is 10.9. The van der Waals surface area contributed by atoms with Gasteiger partial charge in [-0.3, -0.25) is 4.79 Å². The number of aryl methyl sites for hydroxylation is 1. The molecule has 2 heterocycles. The average molecular weight is 276 g/mol. The largest absolute Gasteiger partial charge is 0.351 e. The molecule has 6 nitrogen and oxygen atoms in total. The van der Waals surface area contributed by atoms with E-state index in [0.29, 0.717) is 17.8 Å². The topological polar surface area (TPSA) is 80.0 Å². The Kier molecular flexibility index (Phi) is 5.06. The third-order valence-electron chi connectivity index (χ3n) is 3.02. The van der Waals surface area contributed by atoms with E-state index in [1.807, 2.05) is 6.92 Å². The van der Waals surface area contributed by atoms with Gasteiger partial charge in [0.25, 0.3) is 11.6 Å². The lowest BCUT2D eigenvalue weighted by Gasteiger charge is -2.05. The lowest BCUT2D eigenvalue weighted by Crippen LogP contribution is -2.32. The molecule has 0 saturated heterocycles. The molecule has 0 radical (unpaired) electrons. The maximum absolute atomic E-state index is 12.0. The first-order valence-electron chi connectivity index (χ1n) is 6.99. The number of pyridine rings is 1. The molecule has 2 aromatic rings. The van der Waals surface area contributed by atoms with Gasteiger partial charge in [0, 0.05) is 19.3 Å². The highest BCUT2D eigenvalue weighted by Gasteiger charge is 2.12. The van der Waals surface area contributed by atoms with Crippen LogP contribution in [0, 0.1) is 0 Å². The summed E-state index contributed by atoms with van der Waals surface area (Å²) >= 11 is 0. The Morgan fingerprint density at radius 2 is 2.15 bits per heavy atom. The van der Waals surface area contributed by atoms with Gasteiger partial charge >= 0.3 is 0 Å². The summed E-state index contributed by atoms with van der Waals surface area (Å²) in [6, 6.07) is 1.78. The van der Waals surface area contributed by atoms with Gasteiger partial charge in [0.05, 0.1) is 16.6 Å². The van der Waals surface area contributed by atoms with Crippen molar-refractivity contribution in [2.75, 3.05) is 19.6 Å². The molecule has 2 N–H and O–H groups in total. The Hall–Kier alpha value is -1.95. The van der Waals surface area contributed by atoms with E-state index in [1.165, 1.54) is 6.20 Å². The smallest absolute Gasteiger partial charge is 0.257 e. The zero-order chi connectivity index (χ0) is 14.4. The van der Waals surface area contributed by atoms with Crippen molar-refractivity contribution in [2.24, 2.45) is 0 Å². The zero-order valence-electron chi connectivity index (χ0n) is 11.9. The highest BCUT2D eigenvalue weighted by Crippen LogP contribution is 2.17. The molecule has 20 heavy (non-hydrogen) atoms. The number of carbonyl (C=O) groups excluding carboxylic acids is 1. The van der Waals surface area contributed by atoms with Gasteiger partial charge in [-0.2, -0.15) is 0 Å². The standard InChI is InChI=1S/C14H20N4O2/c1-3-5-15-6-7-16-13(19)10-8-11-12(4-2)18-20-14(11)17-9-10/h8-9,15H,3-7H2,1-2H3,(H,16,19). The summed E-state index contributed by atoms with van der Waals surface area (Å²) in [6.45, 7) is 6.42. The molecule has 6 heteroatoms. The molecule has 0 unspecified atom stereocenters. The second-order valence-corrected chi connectivity index (χ2v) is 4.57. The summed E-state index contributed by atoms with van der Waals surface area (Å²) in [6.07, 6.45) is 3.35. The SMILES string of the molecule is CCCNCCNC(=O)c1cnc2onc(CC)c2c1. The van der Waals surface area contributed by atoms with E-state index in [1.54, 1.807) is 6.07 Å². The zero-order valence-corrected chi connectivity index (χ0v) is 11.9. The molecule has 108 valence electrons. The van der Waals surface area contributed by atoms with Crippen molar-refractivity contribution in [2.45, 2.75) is 26.7 Å². The third kappa shape index (κ3) is 3.33. The summed E-state index contributed by atoms with van der Waals surface area (Å²) in [5, 5.41) is 10.8. The van der Waals surface area contributed by atoms with Crippen molar-refractivity contribution in [3.8, 4) is 0 Å². The van der Waals surface area contributed by atoms with Crippen LogP contribution in [0.2, 0.25) is 0 Å². The molecule has 0 atom stereocenters. The number of hydrogen-bond acceptors (Lipinski definition) is 5. The summed E-state index contributed by atoms with van der Waals surface area (Å²) in [7, 11) is 0. The van der Waals surface area contributed by atoms with E-state index >= 15 is 0 Å². The quantitative estimate of drug-likeness (QED) is 0.749. The Bertz CT molecular complexity index is 580. The minimum absolute atomic E-state index is 0.124. The van der Waals surface area contributed by atoms with E-state index in [-0.39, 0.29) is 5.91 Å². The van der Waals surface area contributed by atoms with Crippen molar-refractivity contribution in [1.82, 2.24) is 20.8 Å². The highest BCUT2D eigenvalue weighted by atomic mass is 16.5. The number of fused-ring (bicyclic) bond motifs is 1. The first-order valence-corrected chi connectivity index (χ1v) is 6.99. The maximum atomic E-state index is 12.0. The van der Waals surface area contributed by atoms with Gasteiger partial charge in [-0.15, -0.1) is 0 Å². The molecule has 0 aliphatic heterocycles. The molecule has 2 rings (SSSR count). The molecule has 0 fully saturated rings. The van der Waals surface area contributed by atoms with Crippen LogP contribution >= 0.6 is 0 Å². The number of nitrogens with one attached hydrogen (secondary N) is 2. The van der Waals surface area contributed by atoms with Crippen LogP contribution in [0.15, 0.2) is 16.8 Å². The Labute approximate surface area is 117 Å². The van der Waals surface area contributed by atoms with E-state index < -0.39 is 0 Å². The van der Waals surface area contributed by atoms with Gasteiger partial charge in [0.2, 0.25) is 0 Å². The maximum Gasteiger partial charge on any atom is 0.257 e. The van der Waals surface area contributed by atoms with Crippen LogP contribution < -0.4 is 10.6 Å². The van der Waals surface area contributed by atoms with Gasteiger partial charge in [0.1, 0.15) is 0 Å². The molecule has 0 aromatic carbocycles. The van der Waals surface area contributed by atoms with Crippen LogP contribution in [-0.4, -0.2) is 35.7 Å². The second kappa shape index (κ2) is 7.00. The molecule has 1 amide bonds. The fourth-order valence-electron chi connectivity index (χ4n) is 1.93. The van der Waals surface area contributed by atoms with Crippen LogP contribution in [0.5, 0.6) is 0 Å². The first-order chi connectivity index (χ1) is 9.76. The Morgan fingerprint density at radius 3 is 2.90 bits per heavy atom. The van der Waals surface area contributed by atoms with Crippen molar-refractivity contribution >= 4 is 17.0 Å². The van der Waals surface area contributed by atoms with Crippen molar-refractivity contribution in [1.29, 1.82) is 0 Å². The second-order valence-electron chi connectivity index (χ2n) is 4.57. The van der Waals surface area contributed by atoms with Gasteiger partial charge in [0.15, 0.2) is 0 Å².